The molecule has 1 aromatic heterocycles. The molecular formula is C9H14N2OS. The normalized spacial score (nSPS) is 23.3. The van der Waals surface area contributed by atoms with Crippen LogP contribution in [-0.2, 0) is 11.8 Å². The Bertz CT molecular complexity index is 268. The third kappa shape index (κ3) is 2.25. The van der Waals surface area contributed by atoms with Gasteiger partial charge in [0.05, 0.1) is 6.61 Å². The maximum Gasteiger partial charge on any atom is 0.168 e. The van der Waals surface area contributed by atoms with E-state index < -0.39 is 0 Å². The minimum absolute atomic E-state index is 0.592. The summed E-state index contributed by atoms with van der Waals surface area (Å²) in [7, 11) is 2.03. The van der Waals surface area contributed by atoms with Crippen molar-refractivity contribution in [2.24, 2.45) is 7.05 Å². The van der Waals surface area contributed by atoms with Gasteiger partial charge in [-0.3, -0.25) is 0 Å². The van der Waals surface area contributed by atoms with Crippen molar-refractivity contribution in [1.29, 1.82) is 0 Å². The molecule has 0 saturated carbocycles. The Hall–Kier alpha value is -0.480. The molecule has 1 unspecified atom stereocenters. The summed E-state index contributed by atoms with van der Waals surface area (Å²) in [6, 6.07) is 0. The lowest BCUT2D eigenvalue weighted by Gasteiger charge is -2.20. The zero-order chi connectivity index (χ0) is 9.10. The summed E-state index contributed by atoms with van der Waals surface area (Å²) in [4.78, 5) is 4.28. The largest absolute Gasteiger partial charge is 0.380 e. The van der Waals surface area contributed by atoms with Crippen molar-refractivity contribution in [2.45, 2.75) is 23.2 Å². The molecule has 0 bridgehead atoms. The average molecular weight is 198 g/mol. The third-order valence-electron chi connectivity index (χ3n) is 2.17. The molecule has 1 atom stereocenters. The fourth-order valence-electron chi connectivity index (χ4n) is 1.42. The van der Waals surface area contributed by atoms with Gasteiger partial charge in [-0.2, -0.15) is 0 Å². The predicted octanol–water partition coefficient (Wildman–Crippen LogP) is 1.69. The average Bonchev–Trinajstić information content (AvgIpc) is 2.54. The molecule has 1 aliphatic heterocycles. The quantitative estimate of drug-likeness (QED) is 0.723. The molecule has 1 saturated heterocycles. The lowest BCUT2D eigenvalue weighted by atomic mass is 10.2. The van der Waals surface area contributed by atoms with Gasteiger partial charge in [0.1, 0.15) is 0 Å². The van der Waals surface area contributed by atoms with Crippen LogP contribution < -0.4 is 0 Å². The topological polar surface area (TPSA) is 27.1 Å². The number of nitrogens with zero attached hydrogens (tertiary/aromatic N) is 2. The van der Waals surface area contributed by atoms with Crippen LogP contribution in [0.1, 0.15) is 12.8 Å². The molecule has 0 spiro atoms. The highest BCUT2D eigenvalue weighted by atomic mass is 32.2. The van der Waals surface area contributed by atoms with Crippen LogP contribution in [0.5, 0.6) is 0 Å². The van der Waals surface area contributed by atoms with Crippen molar-refractivity contribution < 1.29 is 4.74 Å². The Balaban J connectivity index is 1.93. The molecule has 0 aliphatic carbocycles. The van der Waals surface area contributed by atoms with Gasteiger partial charge in [-0.15, -0.1) is 0 Å². The van der Waals surface area contributed by atoms with E-state index in [4.69, 9.17) is 4.74 Å². The number of hydrogen-bond acceptors (Lipinski definition) is 3. The van der Waals surface area contributed by atoms with Gasteiger partial charge in [0.25, 0.3) is 0 Å². The van der Waals surface area contributed by atoms with Gasteiger partial charge in [0.2, 0.25) is 0 Å². The van der Waals surface area contributed by atoms with Crippen LogP contribution in [0, 0.1) is 0 Å². The molecule has 2 heterocycles. The first kappa shape index (κ1) is 9.09. The summed E-state index contributed by atoms with van der Waals surface area (Å²) in [5.41, 5.74) is 0. The second-order valence-electron chi connectivity index (χ2n) is 3.28. The minimum atomic E-state index is 0.592. The van der Waals surface area contributed by atoms with Gasteiger partial charge in [-0.1, -0.05) is 11.8 Å². The van der Waals surface area contributed by atoms with Crippen molar-refractivity contribution in [3.63, 3.8) is 0 Å². The molecule has 1 fully saturated rings. The molecule has 0 N–H and O–H groups in total. The lowest BCUT2D eigenvalue weighted by Crippen LogP contribution is -2.19. The van der Waals surface area contributed by atoms with Gasteiger partial charge >= 0.3 is 0 Å². The van der Waals surface area contributed by atoms with Gasteiger partial charge < -0.3 is 9.30 Å². The van der Waals surface area contributed by atoms with E-state index in [9.17, 15) is 0 Å². The fourth-order valence-corrected chi connectivity index (χ4v) is 2.51. The molecule has 0 radical (unpaired) electrons. The molecule has 0 amide bonds. The lowest BCUT2D eigenvalue weighted by molar-refractivity contribution is 0.101. The fraction of sp³-hybridized carbons (Fsp3) is 0.667. The van der Waals surface area contributed by atoms with Crippen molar-refractivity contribution in [1.82, 2.24) is 9.55 Å². The Morgan fingerprint density at radius 2 is 2.62 bits per heavy atom. The summed E-state index contributed by atoms with van der Waals surface area (Å²) >= 11 is 1.82. The Kier molecular flexibility index (Phi) is 2.90. The zero-order valence-corrected chi connectivity index (χ0v) is 8.59. The number of aromatic nitrogens is 2. The van der Waals surface area contributed by atoms with Crippen LogP contribution in [0.2, 0.25) is 0 Å². The first-order valence-corrected chi connectivity index (χ1v) is 5.46. The van der Waals surface area contributed by atoms with Crippen LogP contribution in [0.15, 0.2) is 17.6 Å². The second-order valence-corrected chi connectivity index (χ2v) is 4.55. The molecule has 1 aromatic rings. The van der Waals surface area contributed by atoms with Crippen LogP contribution >= 0.6 is 11.8 Å². The van der Waals surface area contributed by atoms with Crippen LogP contribution in [0.3, 0.4) is 0 Å². The molecule has 13 heavy (non-hydrogen) atoms. The van der Waals surface area contributed by atoms with Gasteiger partial charge in [0, 0.05) is 31.3 Å². The van der Waals surface area contributed by atoms with E-state index in [0.717, 1.165) is 18.4 Å². The van der Waals surface area contributed by atoms with E-state index in [2.05, 4.69) is 9.55 Å². The van der Waals surface area contributed by atoms with Crippen molar-refractivity contribution in [3.8, 4) is 0 Å². The van der Waals surface area contributed by atoms with E-state index in [0.29, 0.717) is 5.25 Å². The Morgan fingerprint density at radius 1 is 1.69 bits per heavy atom. The summed E-state index contributed by atoms with van der Waals surface area (Å²) in [6.45, 7) is 1.80. The summed E-state index contributed by atoms with van der Waals surface area (Å²) in [5, 5.41) is 1.69. The van der Waals surface area contributed by atoms with Crippen LogP contribution in [-0.4, -0.2) is 28.0 Å². The number of thioether (sulfide) groups is 1. The van der Waals surface area contributed by atoms with E-state index in [1.165, 1.54) is 12.8 Å². The molecule has 72 valence electrons. The Morgan fingerprint density at radius 3 is 3.23 bits per heavy atom. The second kappa shape index (κ2) is 4.15. The maximum absolute atomic E-state index is 5.41. The molecule has 4 heteroatoms. The highest BCUT2D eigenvalue weighted by molar-refractivity contribution is 7.99. The minimum Gasteiger partial charge on any atom is -0.380 e. The van der Waals surface area contributed by atoms with Crippen molar-refractivity contribution in [2.75, 3.05) is 13.2 Å². The van der Waals surface area contributed by atoms with Crippen molar-refractivity contribution >= 4 is 11.8 Å². The zero-order valence-electron chi connectivity index (χ0n) is 7.77. The number of ether oxygens (including phenoxy) is 1. The van der Waals surface area contributed by atoms with Crippen molar-refractivity contribution in [3.05, 3.63) is 12.4 Å². The molecule has 1 aliphatic rings. The predicted molar refractivity (Wildman–Crippen MR) is 52.9 cm³/mol. The summed E-state index contributed by atoms with van der Waals surface area (Å²) in [5.74, 6) is 0. The number of rotatable bonds is 2. The molecule has 2 rings (SSSR count). The third-order valence-corrected chi connectivity index (χ3v) is 3.48. The standard InChI is InChI=1S/C9H14N2OS/c1-11-5-4-10-9(11)13-8-3-2-6-12-7-8/h4-5,8H,2-3,6-7H2,1H3. The SMILES string of the molecule is Cn1ccnc1SC1CCCOC1. The van der Waals surface area contributed by atoms with E-state index >= 15 is 0 Å². The van der Waals surface area contributed by atoms with E-state index in [-0.39, 0.29) is 0 Å². The van der Waals surface area contributed by atoms with Crippen LogP contribution in [0.25, 0.3) is 0 Å². The molecule has 3 nitrogen and oxygen atoms in total. The first-order chi connectivity index (χ1) is 6.36. The molecule has 0 aromatic carbocycles. The maximum atomic E-state index is 5.41. The van der Waals surface area contributed by atoms with Gasteiger partial charge in [0.15, 0.2) is 5.16 Å². The van der Waals surface area contributed by atoms with Crippen LogP contribution in [0.4, 0.5) is 0 Å². The smallest absolute Gasteiger partial charge is 0.168 e. The first-order valence-electron chi connectivity index (χ1n) is 4.58. The monoisotopic (exact) mass is 198 g/mol. The molecular weight excluding hydrogens is 184 g/mol. The summed E-state index contributed by atoms with van der Waals surface area (Å²) in [6.07, 6.45) is 6.25. The Labute approximate surface area is 82.5 Å². The number of aryl methyl sites for hydroxylation is 1. The van der Waals surface area contributed by atoms with Gasteiger partial charge in [-0.25, -0.2) is 4.98 Å². The van der Waals surface area contributed by atoms with E-state index in [1.807, 2.05) is 31.2 Å². The summed E-state index contributed by atoms with van der Waals surface area (Å²) < 4.78 is 7.47. The van der Waals surface area contributed by atoms with E-state index in [1.54, 1.807) is 0 Å². The highest BCUT2D eigenvalue weighted by Gasteiger charge is 2.16. The highest BCUT2D eigenvalue weighted by Crippen LogP contribution is 2.26. The number of hydrogen-bond donors (Lipinski definition) is 0. The number of imidazole rings is 1. The van der Waals surface area contributed by atoms with Gasteiger partial charge in [-0.05, 0) is 12.8 Å².